The fraction of sp³-hybridized carbons (Fsp3) is 0.400. The van der Waals surface area contributed by atoms with Crippen molar-refractivity contribution < 1.29 is 9.72 Å². The van der Waals surface area contributed by atoms with E-state index in [4.69, 9.17) is 0 Å². The summed E-state index contributed by atoms with van der Waals surface area (Å²) in [4.78, 5) is 24.1. The van der Waals surface area contributed by atoms with Gasteiger partial charge in [0.25, 0.3) is 5.69 Å². The van der Waals surface area contributed by atoms with Gasteiger partial charge < -0.3 is 4.90 Å². The maximum atomic E-state index is 12.1. The number of carbonyl (C=O) groups is 1. The maximum absolute atomic E-state index is 12.1. The number of rotatable bonds is 3. The number of nitrogens with zero attached hydrogens (tertiary/aromatic N) is 2. The summed E-state index contributed by atoms with van der Waals surface area (Å²) in [5, 5.41) is 10.5. The van der Waals surface area contributed by atoms with Gasteiger partial charge in [-0.1, -0.05) is 0 Å². The van der Waals surface area contributed by atoms with Crippen molar-refractivity contribution in [3.05, 3.63) is 46.0 Å². The number of hydrogen-bond acceptors (Lipinski definition) is 3. The van der Waals surface area contributed by atoms with Gasteiger partial charge in [0.2, 0.25) is 5.91 Å². The van der Waals surface area contributed by atoms with Gasteiger partial charge in [0, 0.05) is 30.8 Å². The molecule has 1 aromatic carbocycles. The van der Waals surface area contributed by atoms with E-state index in [0.717, 1.165) is 24.9 Å². The van der Waals surface area contributed by atoms with E-state index in [9.17, 15) is 14.9 Å². The van der Waals surface area contributed by atoms with Crippen LogP contribution < -0.4 is 0 Å². The predicted octanol–water partition coefficient (Wildman–Crippen LogP) is 3.01. The van der Waals surface area contributed by atoms with Gasteiger partial charge >= 0.3 is 0 Å². The highest BCUT2D eigenvalue weighted by molar-refractivity contribution is 5.92. The first-order valence-electron chi connectivity index (χ1n) is 6.81. The highest BCUT2D eigenvalue weighted by Gasteiger charge is 2.21. The Bertz CT molecular complexity index is 522. The van der Waals surface area contributed by atoms with Crippen LogP contribution >= 0.6 is 0 Å². The highest BCUT2D eigenvalue weighted by atomic mass is 16.6. The largest absolute Gasteiger partial charge is 0.336 e. The van der Waals surface area contributed by atoms with Crippen LogP contribution in [0.2, 0.25) is 0 Å². The molecule has 1 heterocycles. The molecule has 0 saturated carbocycles. The van der Waals surface area contributed by atoms with Crippen molar-refractivity contribution >= 4 is 17.7 Å². The van der Waals surface area contributed by atoms with Crippen LogP contribution in [0, 0.1) is 10.1 Å². The Morgan fingerprint density at radius 1 is 1.35 bits per heavy atom. The lowest BCUT2D eigenvalue weighted by molar-refractivity contribution is -0.384. The van der Waals surface area contributed by atoms with Crippen LogP contribution in [0.4, 0.5) is 5.69 Å². The molecule has 1 saturated heterocycles. The van der Waals surface area contributed by atoms with E-state index in [2.05, 4.69) is 6.92 Å². The summed E-state index contributed by atoms with van der Waals surface area (Å²) < 4.78 is 0. The first-order valence-corrected chi connectivity index (χ1v) is 6.81. The molecular formula is C15H18N2O3. The van der Waals surface area contributed by atoms with E-state index in [0.29, 0.717) is 0 Å². The summed E-state index contributed by atoms with van der Waals surface area (Å²) >= 11 is 0. The molecule has 1 fully saturated rings. The minimum Gasteiger partial charge on any atom is -0.336 e. The summed E-state index contributed by atoms with van der Waals surface area (Å²) in [5.74, 6) is 0.00977. The third-order valence-electron chi connectivity index (χ3n) is 3.61. The van der Waals surface area contributed by atoms with Crippen molar-refractivity contribution in [2.24, 2.45) is 0 Å². The van der Waals surface area contributed by atoms with Crippen LogP contribution in [0.5, 0.6) is 0 Å². The molecule has 1 aromatic rings. The number of amides is 1. The second-order valence-electron chi connectivity index (χ2n) is 5.06. The molecule has 1 atom stereocenters. The number of likely N-dealkylation sites (tertiary alicyclic amines) is 1. The van der Waals surface area contributed by atoms with Gasteiger partial charge in [0.15, 0.2) is 0 Å². The zero-order valence-corrected chi connectivity index (χ0v) is 11.5. The molecule has 5 nitrogen and oxygen atoms in total. The van der Waals surface area contributed by atoms with Crippen molar-refractivity contribution in [2.45, 2.75) is 32.2 Å². The van der Waals surface area contributed by atoms with Crippen molar-refractivity contribution in [1.82, 2.24) is 4.90 Å². The smallest absolute Gasteiger partial charge is 0.269 e. The molecule has 5 heteroatoms. The Hall–Kier alpha value is -2.17. The summed E-state index contributed by atoms with van der Waals surface area (Å²) in [6.07, 6.45) is 6.53. The molecule has 0 aliphatic carbocycles. The van der Waals surface area contributed by atoms with Crippen LogP contribution in [0.25, 0.3) is 6.08 Å². The van der Waals surface area contributed by atoms with Crippen LogP contribution in [0.3, 0.4) is 0 Å². The van der Waals surface area contributed by atoms with Crippen molar-refractivity contribution in [3.63, 3.8) is 0 Å². The third-order valence-corrected chi connectivity index (χ3v) is 3.61. The number of nitro benzene ring substituents is 1. The van der Waals surface area contributed by atoms with Crippen LogP contribution in [-0.2, 0) is 4.79 Å². The fourth-order valence-electron chi connectivity index (χ4n) is 2.40. The van der Waals surface area contributed by atoms with Crippen molar-refractivity contribution in [2.75, 3.05) is 6.54 Å². The third kappa shape index (κ3) is 3.44. The molecule has 1 amide bonds. The van der Waals surface area contributed by atoms with E-state index in [1.807, 2.05) is 4.90 Å². The number of benzene rings is 1. The lowest BCUT2D eigenvalue weighted by atomic mass is 10.0. The summed E-state index contributed by atoms with van der Waals surface area (Å²) in [7, 11) is 0. The van der Waals surface area contributed by atoms with Gasteiger partial charge in [-0.25, -0.2) is 0 Å². The Morgan fingerprint density at radius 2 is 2.05 bits per heavy atom. The molecule has 0 N–H and O–H groups in total. The SMILES string of the molecule is CC1CCCCN1C(=O)C=Cc1ccc([N+](=O)[O-])cc1. The highest BCUT2D eigenvalue weighted by Crippen LogP contribution is 2.17. The number of piperidine rings is 1. The summed E-state index contributed by atoms with van der Waals surface area (Å²) in [5.41, 5.74) is 0.840. The predicted molar refractivity (Wildman–Crippen MR) is 77.2 cm³/mol. The van der Waals surface area contributed by atoms with Gasteiger partial charge in [-0.3, -0.25) is 14.9 Å². The first-order chi connectivity index (χ1) is 9.58. The molecule has 20 heavy (non-hydrogen) atoms. The molecule has 1 aliphatic heterocycles. The average Bonchev–Trinajstić information content (AvgIpc) is 2.45. The summed E-state index contributed by atoms with van der Waals surface area (Å²) in [6, 6.07) is 6.45. The molecule has 2 rings (SSSR count). The normalized spacial score (nSPS) is 19.2. The minimum atomic E-state index is -0.436. The molecule has 0 bridgehead atoms. The van der Waals surface area contributed by atoms with Gasteiger partial charge in [0.05, 0.1) is 4.92 Å². The Kier molecular flexibility index (Phi) is 4.50. The van der Waals surface area contributed by atoms with E-state index < -0.39 is 4.92 Å². The number of carbonyl (C=O) groups excluding carboxylic acids is 1. The van der Waals surface area contributed by atoms with Gasteiger partial charge in [-0.05, 0) is 50.0 Å². The Morgan fingerprint density at radius 3 is 2.65 bits per heavy atom. The monoisotopic (exact) mass is 274 g/mol. The van der Waals surface area contributed by atoms with E-state index in [1.165, 1.54) is 18.6 Å². The lowest BCUT2D eigenvalue weighted by Gasteiger charge is -2.32. The van der Waals surface area contributed by atoms with Crippen molar-refractivity contribution in [1.29, 1.82) is 0 Å². The topological polar surface area (TPSA) is 63.5 Å². The van der Waals surface area contributed by atoms with E-state index in [1.54, 1.807) is 24.3 Å². The van der Waals surface area contributed by atoms with Gasteiger partial charge in [-0.15, -0.1) is 0 Å². The molecule has 0 radical (unpaired) electrons. The second-order valence-corrected chi connectivity index (χ2v) is 5.06. The maximum Gasteiger partial charge on any atom is 0.269 e. The number of hydrogen-bond donors (Lipinski definition) is 0. The Labute approximate surface area is 118 Å². The van der Waals surface area contributed by atoms with E-state index >= 15 is 0 Å². The van der Waals surface area contributed by atoms with Crippen LogP contribution in [-0.4, -0.2) is 28.3 Å². The molecule has 0 spiro atoms. The van der Waals surface area contributed by atoms with Crippen LogP contribution in [0.15, 0.2) is 30.3 Å². The lowest BCUT2D eigenvalue weighted by Crippen LogP contribution is -2.41. The van der Waals surface area contributed by atoms with Crippen molar-refractivity contribution in [3.8, 4) is 0 Å². The molecule has 1 aliphatic rings. The first kappa shape index (κ1) is 14.2. The second kappa shape index (κ2) is 6.32. The molecule has 1 unspecified atom stereocenters. The number of non-ortho nitro benzene ring substituents is 1. The quantitative estimate of drug-likeness (QED) is 0.483. The van der Waals surface area contributed by atoms with Gasteiger partial charge in [-0.2, -0.15) is 0 Å². The molecule has 106 valence electrons. The Balaban J connectivity index is 2.01. The fourth-order valence-corrected chi connectivity index (χ4v) is 2.40. The minimum absolute atomic E-state index is 0.00977. The van der Waals surface area contributed by atoms with E-state index in [-0.39, 0.29) is 17.6 Å². The standard InChI is InChI=1S/C15H18N2O3/c1-12-4-2-3-11-16(12)15(18)10-7-13-5-8-14(9-6-13)17(19)20/h5-10,12H,2-4,11H2,1H3. The molecule has 0 aromatic heterocycles. The number of nitro groups is 1. The average molecular weight is 274 g/mol. The summed E-state index contributed by atoms with van der Waals surface area (Å²) in [6.45, 7) is 2.88. The van der Waals surface area contributed by atoms with Gasteiger partial charge in [0.1, 0.15) is 0 Å². The molecular weight excluding hydrogens is 256 g/mol. The zero-order valence-electron chi connectivity index (χ0n) is 11.5. The van der Waals surface area contributed by atoms with Crippen LogP contribution in [0.1, 0.15) is 31.7 Å². The zero-order chi connectivity index (χ0) is 14.5.